The van der Waals surface area contributed by atoms with Gasteiger partial charge in [-0.3, -0.25) is 0 Å². The monoisotopic (exact) mass is 222 g/mol. The first kappa shape index (κ1) is 11.8. The average Bonchev–Trinajstić information content (AvgIpc) is 2.25. The smallest absolute Gasteiger partial charge is 0.452 e. The molecule has 0 bridgehead atoms. The van der Waals surface area contributed by atoms with Crippen LogP contribution in [-0.2, 0) is 11.3 Å². The van der Waals surface area contributed by atoms with Crippen molar-refractivity contribution in [1.82, 2.24) is 0 Å². The maximum absolute atomic E-state index is 10.8. The van der Waals surface area contributed by atoms with Crippen LogP contribution < -0.4 is 0 Å². The number of aryl methyl sites for hydroxylation is 1. The molecule has 2 amide bonds. The molecule has 0 fully saturated rings. The normalized spacial score (nSPS) is 10.3. The lowest BCUT2D eigenvalue weighted by molar-refractivity contribution is 0.147. The van der Waals surface area contributed by atoms with Crippen molar-refractivity contribution >= 4 is 12.2 Å². The van der Waals surface area contributed by atoms with E-state index in [4.69, 9.17) is 5.11 Å². The first-order valence-electron chi connectivity index (χ1n) is 4.45. The molecule has 1 aromatic rings. The molecule has 0 saturated carbocycles. The van der Waals surface area contributed by atoms with Crippen molar-refractivity contribution in [2.75, 3.05) is 0 Å². The maximum Gasteiger partial charge on any atom is 0.452 e. The molecule has 6 heteroatoms. The molecule has 0 aliphatic heterocycles. The van der Waals surface area contributed by atoms with Gasteiger partial charge in [0.25, 0.3) is 0 Å². The van der Waals surface area contributed by atoms with E-state index in [0.717, 1.165) is 11.1 Å². The van der Waals surface area contributed by atoms with E-state index in [1.807, 2.05) is 19.1 Å². The quantitative estimate of drug-likeness (QED) is 0.779. The SMILES string of the molecule is Cc1ccc(COC(=O)N=NC(=O)O)cc1. The third-order valence-corrected chi connectivity index (χ3v) is 1.70. The lowest BCUT2D eigenvalue weighted by Crippen LogP contribution is -1.99. The Morgan fingerprint density at radius 3 is 2.44 bits per heavy atom. The Labute approximate surface area is 91.6 Å². The lowest BCUT2D eigenvalue weighted by atomic mass is 10.2. The molecule has 1 rings (SSSR count). The zero-order valence-corrected chi connectivity index (χ0v) is 8.58. The summed E-state index contributed by atoms with van der Waals surface area (Å²) in [4.78, 5) is 20.8. The number of hydrogen-bond acceptors (Lipinski definition) is 3. The van der Waals surface area contributed by atoms with Gasteiger partial charge in [-0.1, -0.05) is 40.1 Å². The first-order valence-corrected chi connectivity index (χ1v) is 4.45. The molecule has 1 aromatic carbocycles. The van der Waals surface area contributed by atoms with Gasteiger partial charge in [0.1, 0.15) is 6.61 Å². The van der Waals surface area contributed by atoms with Crippen molar-refractivity contribution < 1.29 is 19.4 Å². The minimum atomic E-state index is -1.53. The number of azo groups is 1. The van der Waals surface area contributed by atoms with Crippen LogP contribution in [0.3, 0.4) is 0 Å². The van der Waals surface area contributed by atoms with Crippen LogP contribution in [0.2, 0.25) is 0 Å². The number of amides is 2. The fraction of sp³-hybridized carbons (Fsp3) is 0.200. The summed E-state index contributed by atoms with van der Waals surface area (Å²) in [6, 6.07) is 7.36. The predicted molar refractivity (Wildman–Crippen MR) is 54.2 cm³/mol. The Bertz CT molecular complexity index is 411. The molecule has 0 saturated heterocycles. The summed E-state index contributed by atoms with van der Waals surface area (Å²) in [6.07, 6.45) is -2.56. The Morgan fingerprint density at radius 2 is 1.88 bits per heavy atom. The zero-order chi connectivity index (χ0) is 12.0. The maximum atomic E-state index is 10.8. The van der Waals surface area contributed by atoms with Gasteiger partial charge in [-0.05, 0) is 12.5 Å². The van der Waals surface area contributed by atoms with Gasteiger partial charge < -0.3 is 9.84 Å². The summed E-state index contributed by atoms with van der Waals surface area (Å²) in [5.41, 5.74) is 1.89. The van der Waals surface area contributed by atoms with E-state index < -0.39 is 12.2 Å². The second kappa shape index (κ2) is 5.59. The highest BCUT2D eigenvalue weighted by Crippen LogP contribution is 2.05. The van der Waals surface area contributed by atoms with E-state index in [2.05, 4.69) is 15.0 Å². The number of benzene rings is 1. The van der Waals surface area contributed by atoms with Crippen molar-refractivity contribution in [3.8, 4) is 0 Å². The van der Waals surface area contributed by atoms with Gasteiger partial charge in [0.15, 0.2) is 0 Å². The number of carbonyl (C=O) groups is 2. The number of carboxylic acid groups (broad SMARTS) is 1. The van der Waals surface area contributed by atoms with Crippen molar-refractivity contribution in [3.05, 3.63) is 35.4 Å². The van der Waals surface area contributed by atoms with Crippen molar-refractivity contribution in [3.63, 3.8) is 0 Å². The van der Waals surface area contributed by atoms with Gasteiger partial charge in [-0.15, -0.1) is 0 Å². The Hall–Kier alpha value is -2.24. The fourth-order valence-electron chi connectivity index (χ4n) is 0.942. The molecule has 0 aliphatic rings. The molecule has 0 aliphatic carbocycles. The van der Waals surface area contributed by atoms with E-state index in [1.54, 1.807) is 12.1 Å². The highest BCUT2D eigenvalue weighted by molar-refractivity contribution is 5.71. The van der Waals surface area contributed by atoms with Crippen LogP contribution in [0.1, 0.15) is 11.1 Å². The van der Waals surface area contributed by atoms with Crippen LogP contribution in [0.5, 0.6) is 0 Å². The standard InChI is InChI=1S/C10H10N2O4/c1-7-2-4-8(5-3-7)6-16-10(15)12-11-9(13)14/h2-5H,6H2,1H3,(H,13,14). The van der Waals surface area contributed by atoms with Crippen molar-refractivity contribution in [2.24, 2.45) is 10.2 Å². The third kappa shape index (κ3) is 4.32. The van der Waals surface area contributed by atoms with E-state index in [1.165, 1.54) is 0 Å². The van der Waals surface area contributed by atoms with Gasteiger partial charge in [-0.25, -0.2) is 9.59 Å². The Balaban J connectivity index is 2.43. The topological polar surface area (TPSA) is 88.3 Å². The predicted octanol–water partition coefficient (Wildman–Crippen LogP) is 2.76. The van der Waals surface area contributed by atoms with E-state index in [9.17, 15) is 9.59 Å². The molecular formula is C10H10N2O4. The number of ether oxygens (including phenoxy) is 1. The second-order valence-corrected chi connectivity index (χ2v) is 3.02. The summed E-state index contributed by atoms with van der Waals surface area (Å²) in [5, 5.41) is 13.5. The second-order valence-electron chi connectivity index (χ2n) is 3.02. The van der Waals surface area contributed by atoms with Gasteiger partial charge in [0, 0.05) is 0 Å². The molecule has 0 heterocycles. The minimum absolute atomic E-state index is 0.0394. The zero-order valence-electron chi connectivity index (χ0n) is 8.58. The third-order valence-electron chi connectivity index (χ3n) is 1.70. The van der Waals surface area contributed by atoms with Gasteiger partial charge in [-0.2, -0.15) is 0 Å². The van der Waals surface area contributed by atoms with Crippen LogP contribution >= 0.6 is 0 Å². The molecule has 0 atom stereocenters. The van der Waals surface area contributed by atoms with E-state index >= 15 is 0 Å². The number of nitrogens with zero attached hydrogens (tertiary/aromatic N) is 2. The van der Waals surface area contributed by atoms with E-state index in [-0.39, 0.29) is 6.61 Å². The molecule has 0 aromatic heterocycles. The Morgan fingerprint density at radius 1 is 1.25 bits per heavy atom. The largest absolute Gasteiger partial charge is 0.462 e. The summed E-state index contributed by atoms with van der Waals surface area (Å²) in [7, 11) is 0. The van der Waals surface area contributed by atoms with Crippen LogP contribution in [0, 0.1) is 6.92 Å². The van der Waals surface area contributed by atoms with Gasteiger partial charge in [0.05, 0.1) is 0 Å². The molecule has 0 radical (unpaired) electrons. The molecular weight excluding hydrogens is 212 g/mol. The average molecular weight is 222 g/mol. The number of hydrogen-bond donors (Lipinski definition) is 1. The molecule has 84 valence electrons. The Kier molecular flexibility index (Phi) is 4.14. The highest BCUT2D eigenvalue weighted by atomic mass is 16.5. The summed E-state index contributed by atoms with van der Waals surface area (Å²) in [6.45, 7) is 1.98. The summed E-state index contributed by atoms with van der Waals surface area (Å²) in [5.74, 6) is 0. The van der Waals surface area contributed by atoms with Gasteiger partial charge >= 0.3 is 12.2 Å². The fourth-order valence-corrected chi connectivity index (χ4v) is 0.942. The molecule has 0 unspecified atom stereocenters. The van der Waals surface area contributed by atoms with Crippen molar-refractivity contribution in [2.45, 2.75) is 13.5 Å². The van der Waals surface area contributed by atoms with Crippen LogP contribution in [0.25, 0.3) is 0 Å². The number of rotatable bonds is 2. The molecule has 16 heavy (non-hydrogen) atoms. The van der Waals surface area contributed by atoms with Crippen LogP contribution in [0.4, 0.5) is 9.59 Å². The minimum Gasteiger partial charge on any atom is -0.462 e. The van der Waals surface area contributed by atoms with Crippen LogP contribution in [0.15, 0.2) is 34.5 Å². The van der Waals surface area contributed by atoms with E-state index in [0.29, 0.717) is 0 Å². The lowest BCUT2D eigenvalue weighted by Gasteiger charge is -2.01. The summed E-state index contributed by atoms with van der Waals surface area (Å²) >= 11 is 0. The van der Waals surface area contributed by atoms with Gasteiger partial charge in [0.2, 0.25) is 0 Å². The first-order chi connectivity index (χ1) is 7.58. The molecule has 1 N–H and O–H groups in total. The summed E-state index contributed by atoms with van der Waals surface area (Å²) < 4.78 is 4.66. The number of carbonyl (C=O) groups excluding carboxylic acids is 1. The molecule has 0 spiro atoms. The molecule has 6 nitrogen and oxygen atoms in total. The van der Waals surface area contributed by atoms with Crippen molar-refractivity contribution in [1.29, 1.82) is 0 Å². The van der Waals surface area contributed by atoms with Crippen LogP contribution in [-0.4, -0.2) is 17.3 Å². The highest BCUT2D eigenvalue weighted by Gasteiger charge is 2.01.